The molecule has 1 aromatic heterocycles. The van der Waals surface area contributed by atoms with Crippen LogP contribution in [-0.2, 0) is 11.4 Å². The lowest BCUT2D eigenvalue weighted by atomic mass is 10.1. The summed E-state index contributed by atoms with van der Waals surface area (Å²) in [4.78, 5) is 11.9. The van der Waals surface area contributed by atoms with Crippen LogP contribution in [0.2, 0.25) is 0 Å². The van der Waals surface area contributed by atoms with Crippen molar-refractivity contribution >= 4 is 11.6 Å². The molecule has 0 spiro atoms. The van der Waals surface area contributed by atoms with Gasteiger partial charge in [-0.15, -0.1) is 0 Å². The predicted octanol–water partition coefficient (Wildman–Crippen LogP) is 3.73. The monoisotopic (exact) mass is 287 g/mol. The van der Waals surface area contributed by atoms with Gasteiger partial charge < -0.3 is 14.8 Å². The number of hydrogen-bond acceptors (Lipinski definition) is 3. The molecule has 4 nitrogen and oxygen atoms in total. The van der Waals surface area contributed by atoms with Crippen molar-refractivity contribution in [2.45, 2.75) is 33.8 Å². The first-order valence-corrected chi connectivity index (χ1v) is 7.10. The third-order valence-corrected chi connectivity index (χ3v) is 3.21. The van der Waals surface area contributed by atoms with Crippen LogP contribution < -0.4 is 5.32 Å². The molecule has 21 heavy (non-hydrogen) atoms. The number of aryl methyl sites for hydroxylation is 1. The van der Waals surface area contributed by atoms with Crippen molar-refractivity contribution in [1.29, 1.82) is 0 Å². The highest BCUT2D eigenvalue weighted by atomic mass is 16.4. The Morgan fingerprint density at radius 1 is 1.29 bits per heavy atom. The number of nitrogens with one attached hydrogen (secondary N) is 1. The lowest BCUT2D eigenvalue weighted by Crippen LogP contribution is -2.14. The summed E-state index contributed by atoms with van der Waals surface area (Å²) in [7, 11) is 0. The molecule has 2 rings (SSSR count). The zero-order chi connectivity index (χ0) is 15.4. The van der Waals surface area contributed by atoms with E-state index in [4.69, 9.17) is 9.52 Å². The number of aliphatic hydroxyl groups excluding tert-OH is 1. The first-order chi connectivity index (χ1) is 9.99. The Bertz CT molecular complexity index is 629. The van der Waals surface area contributed by atoms with Gasteiger partial charge in [0.2, 0.25) is 5.91 Å². The van der Waals surface area contributed by atoms with Crippen LogP contribution >= 0.6 is 0 Å². The summed E-state index contributed by atoms with van der Waals surface area (Å²) in [6.45, 7) is 5.87. The van der Waals surface area contributed by atoms with Gasteiger partial charge >= 0.3 is 0 Å². The van der Waals surface area contributed by atoms with Gasteiger partial charge in [0.05, 0.1) is 0 Å². The number of carbonyl (C=O) groups excluding carboxylic acids is 1. The van der Waals surface area contributed by atoms with Crippen molar-refractivity contribution in [2.75, 3.05) is 5.32 Å². The Morgan fingerprint density at radius 2 is 2.05 bits per heavy atom. The molecule has 0 bridgehead atoms. The second kappa shape index (κ2) is 6.59. The van der Waals surface area contributed by atoms with Gasteiger partial charge in [0, 0.05) is 17.7 Å². The van der Waals surface area contributed by atoms with E-state index in [0.717, 1.165) is 16.8 Å². The van der Waals surface area contributed by atoms with Crippen LogP contribution in [-0.4, -0.2) is 11.0 Å². The van der Waals surface area contributed by atoms with Crippen molar-refractivity contribution in [1.82, 2.24) is 0 Å². The fourth-order valence-electron chi connectivity index (χ4n) is 2.10. The molecule has 112 valence electrons. The van der Waals surface area contributed by atoms with Crippen molar-refractivity contribution in [3.8, 4) is 11.3 Å². The van der Waals surface area contributed by atoms with E-state index >= 15 is 0 Å². The minimum absolute atomic E-state index is 0.0146. The second-order valence-electron chi connectivity index (χ2n) is 5.60. The highest BCUT2D eigenvalue weighted by molar-refractivity contribution is 5.92. The SMILES string of the molecule is Cc1ccc(-c2ccc(CO)o2)cc1NC(=O)CC(C)C. The zero-order valence-corrected chi connectivity index (χ0v) is 12.6. The summed E-state index contributed by atoms with van der Waals surface area (Å²) >= 11 is 0. The van der Waals surface area contributed by atoms with Gasteiger partial charge in [0.1, 0.15) is 18.1 Å². The fourth-order valence-corrected chi connectivity index (χ4v) is 2.10. The topological polar surface area (TPSA) is 62.5 Å². The van der Waals surface area contributed by atoms with Crippen LogP contribution in [0.1, 0.15) is 31.6 Å². The van der Waals surface area contributed by atoms with Crippen LogP contribution in [0.15, 0.2) is 34.7 Å². The number of amides is 1. The number of anilines is 1. The molecule has 0 fully saturated rings. The molecule has 0 atom stereocenters. The van der Waals surface area contributed by atoms with E-state index in [1.165, 1.54) is 0 Å². The summed E-state index contributed by atoms with van der Waals surface area (Å²) in [5.41, 5.74) is 2.67. The van der Waals surface area contributed by atoms with Crippen molar-refractivity contribution < 1.29 is 14.3 Å². The summed E-state index contributed by atoms with van der Waals surface area (Å²) in [5.74, 6) is 1.54. The van der Waals surface area contributed by atoms with Gasteiger partial charge in [0.15, 0.2) is 0 Å². The van der Waals surface area contributed by atoms with Crippen LogP contribution in [0.25, 0.3) is 11.3 Å². The molecule has 0 radical (unpaired) electrons. The molecule has 4 heteroatoms. The number of hydrogen-bond donors (Lipinski definition) is 2. The third kappa shape index (κ3) is 3.95. The quantitative estimate of drug-likeness (QED) is 0.880. The summed E-state index contributed by atoms with van der Waals surface area (Å²) < 4.78 is 5.52. The van der Waals surface area contributed by atoms with Gasteiger partial charge in [-0.2, -0.15) is 0 Å². The zero-order valence-electron chi connectivity index (χ0n) is 12.6. The molecular weight excluding hydrogens is 266 g/mol. The van der Waals surface area contributed by atoms with Gasteiger partial charge in [-0.05, 0) is 36.6 Å². The Labute approximate surface area is 124 Å². The third-order valence-electron chi connectivity index (χ3n) is 3.21. The maximum Gasteiger partial charge on any atom is 0.224 e. The molecule has 0 aliphatic heterocycles. The first kappa shape index (κ1) is 15.3. The molecule has 0 unspecified atom stereocenters. The van der Waals surface area contributed by atoms with E-state index in [1.54, 1.807) is 6.07 Å². The van der Waals surface area contributed by atoms with Crippen LogP contribution in [0.3, 0.4) is 0 Å². The maximum absolute atomic E-state index is 11.9. The van der Waals surface area contributed by atoms with E-state index in [-0.39, 0.29) is 12.5 Å². The van der Waals surface area contributed by atoms with E-state index < -0.39 is 0 Å². The molecule has 1 heterocycles. The highest BCUT2D eigenvalue weighted by Gasteiger charge is 2.10. The molecule has 0 aliphatic rings. The second-order valence-corrected chi connectivity index (χ2v) is 5.60. The lowest BCUT2D eigenvalue weighted by Gasteiger charge is -2.11. The van der Waals surface area contributed by atoms with Crippen LogP contribution in [0, 0.1) is 12.8 Å². The minimum atomic E-state index is -0.121. The summed E-state index contributed by atoms with van der Waals surface area (Å²) in [5, 5.41) is 12.0. The van der Waals surface area contributed by atoms with Gasteiger partial charge in [-0.3, -0.25) is 4.79 Å². The standard InChI is InChI=1S/C17H21NO3/c1-11(2)8-17(20)18-15-9-13(5-4-12(15)3)16-7-6-14(10-19)21-16/h4-7,9,11,19H,8,10H2,1-3H3,(H,18,20). The van der Waals surface area contributed by atoms with Crippen LogP contribution in [0.4, 0.5) is 5.69 Å². The molecule has 0 aliphatic carbocycles. The highest BCUT2D eigenvalue weighted by Crippen LogP contribution is 2.27. The minimum Gasteiger partial charge on any atom is -0.459 e. The van der Waals surface area contributed by atoms with Crippen LogP contribution in [0.5, 0.6) is 0 Å². The van der Waals surface area contributed by atoms with Gasteiger partial charge in [0.25, 0.3) is 0 Å². The average molecular weight is 287 g/mol. The largest absolute Gasteiger partial charge is 0.459 e. The number of furan rings is 1. The van der Waals surface area contributed by atoms with E-state index in [2.05, 4.69) is 5.32 Å². The molecule has 2 N–H and O–H groups in total. The molecular formula is C17H21NO3. The normalized spacial score (nSPS) is 10.9. The molecule has 1 aromatic carbocycles. The summed E-state index contributed by atoms with van der Waals surface area (Å²) in [6, 6.07) is 9.34. The van der Waals surface area contributed by atoms with Crippen molar-refractivity contribution in [3.63, 3.8) is 0 Å². The van der Waals surface area contributed by atoms with E-state index in [1.807, 2.05) is 45.0 Å². The van der Waals surface area contributed by atoms with Crippen molar-refractivity contribution in [2.24, 2.45) is 5.92 Å². The smallest absolute Gasteiger partial charge is 0.224 e. The molecule has 2 aromatic rings. The Kier molecular flexibility index (Phi) is 4.81. The van der Waals surface area contributed by atoms with Gasteiger partial charge in [-0.25, -0.2) is 0 Å². The predicted molar refractivity (Wildman–Crippen MR) is 82.9 cm³/mol. The van der Waals surface area contributed by atoms with Crippen molar-refractivity contribution in [3.05, 3.63) is 41.7 Å². The lowest BCUT2D eigenvalue weighted by molar-refractivity contribution is -0.116. The fraction of sp³-hybridized carbons (Fsp3) is 0.353. The Hall–Kier alpha value is -2.07. The molecule has 0 saturated heterocycles. The number of carbonyl (C=O) groups is 1. The average Bonchev–Trinajstić information content (AvgIpc) is 2.89. The molecule has 0 saturated carbocycles. The number of aliphatic hydroxyl groups is 1. The Morgan fingerprint density at radius 3 is 2.67 bits per heavy atom. The Balaban J connectivity index is 2.22. The van der Waals surface area contributed by atoms with E-state index in [9.17, 15) is 4.79 Å². The maximum atomic E-state index is 11.9. The van der Waals surface area contributed by atoms with E-state index in [0.29, 0.717) is 23.9 Å². The summed E-state index contributed by atoms with van der Waals surface area (Å²) in [6.07, 6.45) is 0.499. The number of rotatable bonds is 5. The first-order valence-electron chi connectivity index (χ1n) is 7.10. The number of benzene rings is 1. The van der Waals surface area contributed by atoms with Gasteiger partial charge in [-0.1, -0.05) is 26.0 Å². The molecule has 1 amide bonds.